The van der Waals surface area contributed by atoms with Crippen LogP contribution in [0.3, 0.4) is 0 Å². The van der Waals surface area contributed by atoms with Gasteiger partial charge in [-0.3, -0.25) is 0 Å². The Balaban J connectivity index is 1.04. The summed E-state index contributed by atoms with van der Waals surface area (Å²) in [6.45, 7) is 0. The molecule has 0 spiro atoms. The Morgan fingerprint density at radius 2 is 1.10 bits per heavy atom. The molecule has 0 saturated carbocycles. The van der Waals surface area contributed by atoms with E-state index in [-0.39, 0.29) is 0 Å². The van der Waals surface area contributed by atoms with Crippen LogP contribution in [0.5, 0.6) is 0 Å². The van der Waals surface area contributed by atoms with Gasteiger partial charge in [-0.05, 0) is 101 Å². The monoisotopic (exact) mass is 770 g/mol. The van der Waals surface area contributed by atoms with Crippen LogP contribution in [-0.4, -0.2) is 14.5 Å². The molecule has 1 aliphatic heterocycles. The number of nitrogens with zero attached hydrogens (tertiary/aromatic N) is 4. The summed E-state index contributed by atoms with van der Waals surface area (Å²) in [6.07, 6.45) is 0. The van der Waals surface area contributed by atoms with E-state index in [4.69, 9.17) is 9.97 Å². The molecule has 276 valence electrons. The fourth-order valence-corrected chi connectivity index (χ4v) is 9.94. The van der Waals surface area contributed by atoms with Crippen molar-refractivity contribution in [2.75, 3.05) is 4.90 Å². The van der Waals surface area contributed by atoms with E-state index in [0.29, 0.717) is 5.82 Å². The SMILES string of the molecule is c1ccc(-c2nc(-c3ccc(-n4c5cccc(-c6ccc7c(c6)N(c6ccccc6)c6ccccc6S7)c5c5c6ccccc6ccc54)cc3)nc3ccccc23)cc1. The molecule has 0 amide bonds. The van der Waals surface area contributed by atoms with Gasteiger partial charge in [0.2, 0.25) is 0 Å². The van der Waals surface area contributed by atoms with Crippen LogP contribution in [0, 0.1) is 0 Å². The van der Waals surface area contributed by atoms with Gasteiger partial charge in [0, 0.05) is 48.5 Å². The Kier molecular flexibility index (Phi) is 7.75. The van der Waals surface area contributed by atoms with Crippen LogP contribution in [0.2, 0.25) is 0 Å². The van der Waals surface area contributed by atoms with Gasteiger partial charge in [-0.1, -0.05) is 139 Å². The Bertz CT molecular complexity index is 3410. The lowest BCUT2D eigenvalue weighted by molar-refractivity contribution is 1.17. The highest BCUT2D eigenvalue weighted by Gasteiger charge is 2.26. The van der Waals surface area contributed by atoms with Gasteiger partial charge in [-0.2, -0.15) is 0 Å². The van der Waals surface area contributed by atoms with Gasteiger partial charge in [0.15, 0.2) is 5.82 Å². The molecule has 5 heteroatoms. The zero-order chi connectivity index (χ0) is 38.9. The Labute approximate surface area is 345 Å². The topological polar surface area (TPSA) is 34.0 Å². The number of fused-ring (bicyclic) bond motifs is 8. The van der Waals surface area contributed by atoms with E-state index >= 15 is 0 Å². The van der Waals surface area contributed by atoms with E-state index in [1.807, 2.05) is 23.9 Å². The van der Waals surface area contributed by atoms with Crippen molar-refractivity contribution >= 4 is 72.3 Å². The minimum Gasteiger partial charge on any atom is -0.309 e. The van der Waals surface area contributed by atoms with Crippen molar-refractivity contribution in [2.45, 2.75) is 9.79 Å². The molecule has 0 aliphatic carbocycles. The van der Waals surface area contributed by atoms with Crippen LogP contribution in [0.15, 0.2) is 216 Å². The second-order valence-electron chi connectivity index (χ2n) is 15.0. The zero-order valence-electron chi connectivity index (χ0n) is 31.8. The van der Waals surface area contributed by atoms with Crippen molar-refractivity contribution in [1.82, 2.24) is 14.5 Å². The molecule has 0 fully saturated rings. The van der Waals surface area contributed by atoms with Gasteiger partial charge in [-0.25, -0.2) is 9.97 Å². The highest BCUT2D eigenvalue weighted by molar-refractivity contribution is 7.99. The lowest BCUT2D eigenvalue weighted by Gasteiger charge is -2.33. The summed E-state index contributed by atoms with van der Waals surface area (Å²) in [4.78, 5) is 15.1. The number of hydrogen-bond donors (Lipinski definition) is 0. The quantitative estimate of drug-likeness (QED) is 0.175. The van der Waals surface area contributed by atoms with E-state index in [9.17, 15) is 0 Å². The summed E-state index contributed by atoms with van der Waals surface area (Å²) in [5.74, 6) is 0.711. The number of anilines is 3. The third-order valence-corrected chi connectivity index (χ3v) is 12.7. The van der Waals surface area contributed by atoms with Gasteiger partial charge in [0.25, 0.3) is 0 Å². The standard InChI is InChI=1S/C54H34N4S/c1-3-15-36(16-4-1)53-43-20-9-10-22-44(43)55-54(56-53)37-26-30-40(31-27-37)58-46-24-13-21-42(52(46)51-41-19-8-7-14-35(41)28-32-47(51)58)38-29-33-50-48(34-38)57(39-17-5-2-6-18-39)45-23-11-12-25-49(45)59-50/h1-34H. The number of aromatic nitrogens is 3. The molecule has 4 nitrogen and oxygen atoms in total. The Morgan fingerprint density at radius 1 is 0.407 bits per heavy atom. The lowest BCUT2D eigenvalue weighted by atomic mass is 9.96. The maximum absolute atomic E-state index is 5.16. The predicted octanol–water partition coefficient (Wildman–Crippen LogP) is 14.8. The average Bonchev–Trinajstić information content (AvgIpc) is 3.66. The summed E-state index contributed by atoms with van der Waals surface area (Å²) in [6, 6.07) is 73.9. The molecule has 0 N–H and O–H groups in total. The van der Waals surface area contributed by atoms with Crippen LogP contribution in [-0.2, 0) is 0 Å². The van der Waals surface area contributed by atoms with E-state index in [1.165, 1.54) is 59.4 Å². The highest BCUT2D eigenvalue weighted by atomic mass is 32.2. The Morgan fingerprint density at radius 3 is 1.97 bits per heavy atom. The number of para-hydroxylation sites is 3. The minimum absolute atomic E-state index is 0.711. The van der Waals surface area contributed by atoms with Gasteiger partial charge in [0.1, 0.15) is 0 Å². The fourth-order valence-electron chi connectivity index (χ4n) is 8.91. The van der Waals surface area contributed by atoms with Gasteiger partial charge in [0.05, 0.1) is 33.6 Å². The third-order valence-electron chi connectivity index (χ3n) is 11.6. The molecule has 0 unspecified atom stereocenters. The first-order valence-electron chi connectivity index (χ1n) is 19.9. The highest BCUT2D eigenvalue weighted by Crippen LogP contribution is 2.53. The van der Waals surface area contributed by atoms with E-state index in [0.717, 1.165) is 44.6 Å². The van der Waals surface area contributed by atoms with Crippen molar-refractivity contribution in [2.24, 2.45) is 0 Å². The summed E-state index contributed by atoms with van der Waals surface area (Å²) in [7, 11) is 0. The Hall–Kier alpha value is -7.47. The minimum atomic E-state index is 0.711. The summed E-state index contributed by atoms with van der Waals surface area (Å²) in [5.41, 5.74) is 13.2. The number of hydrogen-bond acceptors (Lipinski definition) is 4. The second-order valence-corrected chi connectivity index (χ2v) is 16.0. The van der Waals surface area contributed by atoms with Crippen LogP contribution < -0.4 is 4.90 Å². The van der Waals surface area contributed by atoms with Crippen molar-refractivity contribution in [3.05, 3.63) is 206 Å². The molecule has 3 heterocycles. The smallest absolute Gasteiger partial charge is 0.160 e. The predicted molar refractivity (Wildman–Crippen MR) is 246 cm³/mol. The molecular weight excluding hydrogens is 737 g/mol. The van der Waals surface area contributed by atoms with E-state index in [2.05, 4.69) is 204 Å². The van der Waals surface area contributed by atoms with Crippen LogP contribution >= 0.6 is 11.8 Å². The molecule has 59 heavy (non-hydrogen) atoms. The second kappa shape index (κ2) is 13.6. The molecule has 0 bridgehead atoms. The summed E-state index contributed by atoms with van der Waals surface area (Å²) >= 11 is 1.84. The molecule has 9 aromatic carbocycles. The van der Waals surface area contributed by atoms with Crippen molar-refractivity contribution in [1.29, 1.82) is 0 Å². The molecule has 11 aromatic rings. The maximum Gasteiger partial charge on any atom is 0.160 e. The first kappa shape index (κ1) is 33.6. The van der Waals surface area contributed by atoms with Crippen LogP contribution in [0.25, 0.3) is 82.9 Å². The first-order chi connectivity index (χ1) is 29.3. The van der Waals surface area contributed by atoms with Crippen molar-refractivity contribution < 1.29 is 0 Å². The van der Waals surface area contributed by atoms with Crippen LogP contribution in [0.1, 0.15) is 0 Å². The normalized spacial score (nSPS) is 12.3. The lowest BCUT2D eigenvalue weighted by Crippen LogP contribution is -2.14. The molecule has 0 radical (unpaired) electrons. The van der Waals surface area contributed by atoms with Gasteiger partial charge >= 0.3 is 0 Å². The molecule has 2 aromatic heterocycles. The molecule has 12 rings (SSSR count). The molecular formula is C54H34N4S. The third kappa shape index (κ3) is 5.47. The fraction of sp³-hybridized carbons (Fsp3) is 0. The largest absolute Gasteiger partial charge is 0.309 e. The van der Waals surface area contributed by atoms with Crippen molar-refractivity contribution in [3.63, 3.8) is 0 Å². The van der Waals surface area contributed by atoms with E-state index < -0.39 is 0 Å². The molecule has 0 saturated heterocycles. The number of benzene rings is 9. The van der Waals surface area contributed by atoms with Gasteiger partial charge in [-0.15, -0.1) is 0 Å². The van der Waals surface area contributed by atoms with Crippen molar-refractivity contribution in [3.8, 4) is 39.5 Å². The summed E-state index contributed by atoms with van der Waals surface area (Å²) in [5, 5.41) is 6.00. The maximum atomic E-state index is 5.16. The van der Waals surface area contributed by atoms with Crippen LogP contribution in [0.4, 0.5) is 17.1 Å². The van der Waals surface area contributed by atoms with Gasteiger partial charge < -0.3 is 9.47 Å². The molecule has 1 aliphatic rings. The molecule has 0 atom stereocenters. The van der Waals surface area contributed by atoms with E-state index in [1.54, 1.807) is 0 Å². The average molecular weight is 771 g/mol. The zero-order valence-corrected chi connectivity index (χ0v) is 32.6. The summed E-state index contributed by atoms with van der Waals surface area (Å²) < 4.78 is 2.42. The number of rotatable bonds is 5. The first-order valence-corrected chi connectivity index (χ1v) is 20.7.